The normalized spacial score (nSPS) is 10.8. The van der Waals surface area contributed by atoms with Crippen LogP contribution < -0.4 is 5.32 Å². The molecule has 0 radical (unpaired) electrons. The van der Waals surface area contributed by atoms with Gasteiger partial charge in [0.15, 0.2) is 0 Å². The molecule has 1 aromatic carbocycles. The molecular weight excluding hydrogens is 386 g/mol. The molecular formula is C18H23N3O6S. The maximum absolute atomic E-state index is 12.1. The summed E-state index contributed by atoms with van der Waals surface area (Å²) >= 11 is 0.626. The third-order valence-electron chi connectivity index (χ3n) is 3.78. The van der Waals surface area contributed by atoms with E-state index < -0.39 is 26.3 Å². The summed E-state index contributed by atoms with van der Waals surface area (Å²) in [6.07, 6.45) is 7.84. The van der Waals surface area contributed by atoms with Crippen LogP contribution >= 0.6 is 11.8 Å². The molecule has 0 unspecified atom stereocenters. The zero-order valence-corrected chi connectivity index (χ0v) is 16.4. The standard InChI is InChI=1S/C18H23N3O6S/c1-2-3-4-5-6-7-9-19-17(22)8-10-28-18(23)14-11-15(20(24)25)13-16(12-14)21(26)27/h8,10-13H,2-7,9H2,1H3,(H,19,22)/b10-8-. The number of nitrogens with zero attached hydrogens (tertiary/aromatic N) is 2. The van der Waals surface area contributed by atoms with Crippen LogP contribution in [-0.2, 0) is 4.79 Å². The average molecular weight is 409 g/mol. The van der Waals surface area contributed by atoms with E-state index in [1.54, 1.807) is 0 Å². The molecule has 0 saturated heterocycles. The van der Waals surface area contributed by atoms with E-state index in [1.165, 1.54) is 30.7 Å². The fourth-order valence-electron chi connectivity index (χ4n) is 2.33. The molecule has 0 atom stereocenters. The minimum Gasteiger partial charge on any atom is -0.353 e. The minimum atomic E-state index is -0.806. The van der Waals surface area contributed by atoms with E-state index in [9.17, 15) is 29.8 Å². The number of thioether (sulfide) groups is 1. The molecule has 1 N–H and O–H groups in total. The van der Waals surface area contributed by atoms with Gasteiger partial charge in [-0.05, 0) is 11.8 Å². The predicted octanol–water partition coefficient (Wildman–Crippen LogP) is 4.37. The van der Waals surface area contributed by atoms with Gasteiger partial charge in [-0.25, -0.2) is 0 Å². The first-order valence-electron chi connectivity index (χ1n) is 8.94. The third-order valence-corrected chi connectivity index (χ3v) is 4.51. The van der Waals surface area contributed by atoms with Gasteiger partial charge in [0.05, 0.1) is 15.9 Å². The Morgan fingerprint density at radius 1 is 1.00 bits per heavy atom. The summed E-state index contributed by atoms with van der Waals surface area (Å²) in [5.74, 6) is -0.348. The quantitative estimate of drug-likeness (QED) is 0.234. The molecule has 1 amide bonds. The number of carbonyl (C=O) groups is 2. The van der Waals surface area contributed by atoms with Gasteiger partial charge in [0.1, 0.15) is 0 Å². The van der Waals surface area contributed by atoms with Gasteiger partial charge in [-0.1, -0.05) is 50.8 Å². The Labute approximate surface area is 166 Å². The molecule has 1 rings (SSSR count). The maximum atomic E-state index is 12.1. The van der Waals surface area contributed by atoms with Crippen LogP contribution in [0.1, 0.15) is 55.8 Å². The van der Waals surface area contributed by atoms with Crippen LogP contribution in [0.3, 0.4) is 0 Å². The van der Waals surface area contributed by atoms with Crippen molar-refractivity contribution in [3.05, 3.63) is 55.5 Å². The van der Waals surface area contributed by atoms with Gasteiger partial charge in [0.2, 0.25) is 11.0 Å². The van der Waals surface area contributed by atoms with Crippen molar-refractivity contribution in [2.75, 3.05) is 6.54 Å². The first kappa shape index (κ1) is 23.3. The number of non-ortho nitro benzene ring substituents is 2. The van der Waals surface area contributed by atoms with Gasteiger partial charge >= 0.3 is 0 Å². The number of nitro benzene ring substituents is 2. The van der Waals surface area contributed by atoms with Crippen molar-refractivity contribution in [2.45, 2.75) is 45.4 Å². The van der Waals surface area contributed by atoms with Crippen molar-refractivity contribution in [1.29, 1.82) is 0 Å². The predicted molar refractivity (Wildman–Crippen MR) is 107 cm³/mol. The van der Waals surface area contributed by atoms with Crippen LogP contribution in [0.5, 0.6) is 0 Å². The zero-order valence-electron chi connectivity index (χ0n) is 15.6. The van der Waals surface area contributed by atoms with Gasteiger partial charge in [-0.2, -0.15) is 0 Å². The molecule has 0 saturated carbocycles. The lowest BCUT2D eigenvalue weighted by Crippen LogP contribution is -2.21. The number of amides is 1. The lowest BCUT2D eigenvalue weighted by atomic mass is 10.1. The lowest BCUT2D eigenvalue weighted by molar-refractivity contribution is -0.394. The van der Waals surface area contributed by atoms with E-state index in [4.69, 9.17) is 0 Å². The van der Waals surface area contributed by atoms with E-state index in [1.807, 2.05) is 0 Å². The maximum Gasteiger partial charge on any atom is 0.277 e. The Balaban J connectivity index is 2.49. The number of nitro groups is 2. The Bertz CT molecular complexity index is 719. The Kier molecular flexibility index (Phi) is 10.5. The summed E-state index contributed by atoms with van der Waals surface area (Å²) in [5, 5.41) is 25.0. The third kappa shape index (κ3) is 8.76. The number of hydrogen-bond donors (Lipinski definition) is 1. The second-order valence-electron chi connectivity index (χ2n) is 6.02. The van der Waals surface area contributed by atoms with E-state index in [2.05, 4.69) is 12.2 Å². The summed E-state index contributed by atoms with van der Waals surface area (Å²) in [4.78, 5) is 43.9. The van der Waals surface area contributed by atoms with Crippen LogP contribution in [-0.4, -0.2) is 27.4 Å². The highest BCUT2D eigenvalue weighted by Crippen LogP contribution is 2.25. The highest BCUT2D eigenvalue weighted by Gasteiger charge is 2.19. The summed E-state index contributed by atoms with van der Waals surface area (Å²) in [5.41, 5.74) is -1.26. The molecule has 0 aliphatic carbocycles. The summed E-state index contributed by atoms with van der Waals surface area (Å²) in [6, 6.07) is 2.72. The molecule has 0 heterocycles. The Morgan fingerprint density at radius 2 is 1.57 bits per heavy atom. The van der Waals surface area contributed by atoms with Crippen molar-refractivity contribution in [3.63, 3.8) is 0 Å². The summed E-state index contributed by atoms with van der Waals surface area (Å²) in [6.45, 7) is 2.70. The minimum absolute atomic E-state index is 0.178. The highest BCUT2D eigenvalue weighted by molar-refractivity contribution is 8.16. The summed E-state index contributed by atoms with van der Waals surface area (Å²) in [7, 11) is 0. The highest BCUT2D eigenvalue weighted by atomic mass is 32.2. The monoisotopic (exact) mass is 409 g/mol. The number of unbranched alkanes of at least 4 members (excludes halogenated alkanes) is 5. The topological polar surface area (TPSA) is 132 Å². The first-order chi connectivity index (χ1) is 13.3. The van der Waals surface area contributed by atoms with Crippen molar-refractivity contribution in [3.8, 4) is 0 Å². The van der Waals surface area contributed by atoms with Gasteiger partial charge in [0.25, 0.3) is 11.4 Å². The molecule has 1 aromatic rings. The molecule has 0 bridgehead atoms. The number of nitrogens with one attached hydrogen (secondary N) is 1. The molecule has 152 valence electrons. The average Bonchev–Trinajstić information content (AvgIpc) is 2.66. The van der Waals surface area contributed by atoms with Crippen LogP contribution in [0.2, 0.25) is 0 Å². The van der Waals surface area contributed by atoms with Crippen LogP contribution in [0.4, 0.5) is 11.4 Å². The van der Waals surface area contributed by atoms with Crippen molar-refractivity contribution < 1.29 is 19.4 Å². The van der Waals surface area contributed by atoms with Crippen molar-refractivity contribution in [2.24, 2.45) is 0 Å². The number of carbonyl (C=O) groups excluding carboxylic acids is 2. The molecule has 0 spiro atoms. The van der Waals surface area contributed by atoms with E-state index in [-0.39, 0.29) is 11.5 Å². The SMILES string of the molecule is CCCCCCCCNC(=O)/C=C\SC(=O)c1cc([N+](=O)[O-])cc([N+](=O)[O-])c1. The molecule has 28 heavy (non-hydrogen) atoms. The van der Waals surface area contributed by atoms with Gasteiger partial charge in [-0.15, -0.1) is 0 Å². The van der Waals surface area contributed by atoms with E-state index in [0.29, 0.717) is 18.3 Å². The van der Waals surface area contributed by atoms with Crippen LogP contribution in [0.25, 0.3) is 0 Å². The van der Waals surface area contributed by atoms with E-state index in [0.717, 1.165) is 37.5 Å². The lowest BCUT2D eigenvalue weighted by Gasteiger charge is -2.02. The van der Waals surface area contributed by atoms with Gasteiger partial charge in [0, 0.05) is 30.3 Å². The largest absolute Gasteiger partial charge is 0.353 e. The second-order valence-corrected chi connectivity index (χ2v) is 6.90. The number of rotatable bonds is 12. The molecule has 9 nitrogen and oxygen atoms in total. The fourth-order valence-corrected chi connectivity index (χ4v) is 2.89. The van der Waals surface area contributed by atoms with Crippen molar-refractivity contribution in [1.82, 2.24) is 5.32 Å². The smallest absolute Gasteiger partial charge is 0.277 e. The molecule has 10 heteroatoms. The second kappa shape index (κ2) is 12.6. The zero-order chi connectivity index (χ0) is 20.9. The van der Waals surface area contributed by atoms with Gasteiger partial charge in [-0.3, -0.25) is 29.8 Å². The van der Waals surface area contributed by atoms with Gasteiger partial charge < -0.3 is 5.32 Å². The van der Waals surface area contributed by atoms with Crippen LogP contribution in [0.15, 0.2) is 29.7 Å². The van der Waals surface area contributed by atoms with Crippen LogP contribution in [0, 0.1) is 20.2 Å². The number of hydrogen-bond acceptors (Lipinski definition) is 7. The van der Waals surface area contributed by atoms with E-state index >= 15 is 0 Å². The molecule has 0 fully saturated rings. The molecule has 0 aromatic heterocycles. The molecule has 0 aliphatic rings. The fraction of sp³-hybridized carbons (Fsp3) is 0.444. The first-order valence-corrected chi connectivity index (χ1v) is 9.82. The number of benzene rings is 1. The summed E-state index contributed by atoms with van der Waals surface area (Å²) < 4.78 is 0. The Hall–Kier alpha value is -2.75. The Morgan fingerprint density at radius 3 is 2.14 bits per heavy atom. The van der Waals surface area contributed by atoms with Crippen molar-refractivity contribution >= 4 is 34.2 Å². The molecule has 0 aliphatic heterocycles.